The van der Waals surface area contributed by atoms with Gasteiger partial charge in [0.15, 0.2) is 0 Å². The number of fused-ring (bicyclic) bond motifs is 1. The van der Waals surface area contributed by atoms with Crippen LogP contribution in [0, 0.1) is 0 Å². The summed E-state index contributed by atoms with van der Waals surface area (Å²) in [5, 5.41) is 5.72. The Morgan fingerprint density at radius 3 is 2.82 bits per heavy atom. The first-order chi connectivity index (χ1) is 8.18. The minimum absolute atomic E-state index is 0.894. The molecule has 0 bridgehead atoms. The molecule has 0 aliphatic heterocycles. The maximum Gasteiger partial charge on any atom is 0.133 e. The fourth-order valence-corrected chi connectivity index (χ4v) is 2.21. The predicted molar refractivity (Wildman–Crippen MR) is 76.5 cm³/mol. The Morgan fingerprint density at radius 1 is 1.24 bits per heavy atom. The van der Waals surface area contributed by atoms with Gasteiger partial charge in [-0.05, 0) is 26.2 Å². The van der Waals surface area contributed by atoms with Crippen molar-refractivity contribution in [1.82, 2.24) is 9.88 Å². The number of nitrogens with one attached hydrogen (secondary N) is 1. The molecule has 0 aliphatic rings. The number of likely N-dealkylation sites (N-methyl/N-ethyl adjacent to an activating group) is 1. The van der Waals surface area contributed by atoms with Crippen LogP contribution in [0.1, 0.15) is 0 Å². The fourth-order valence-electron chi connectivity index (χ4n) is 1.71. The molecule has 17 heavy (non-hydrogen) atoms. The molecular weight excluding hydrogens is 278 g/mol. The van der Waals surface area contributed by atoms with E-state index in [-0.39, 0.29) is 0 Å². The second kappa shape index (κ2) is 5.47. The summed E-state index contributed by atoms with van der Waals surface area (Å²) in [5.41, 5.74) is 0. The van der Waals surface area contributed by atoms with E-state index in [0.717, 1.165) is 28.8 Å². The minimum atomic E-state index is 0.894. The van der Waals surface area contributed by atoms with Crippen molar-refractivity contribution in [2.24, 2.45) is 0 Å². The van der Waals surface area contributed by atoms with Crippen LogP contribution in [0.5, 0.6) is 0 Å². The number of hydrogen-bond acceptors (Lipinski definition) is 3. The van der Waals surface area contributed by atoms with E-state index in [4.69, 9.17) is 0 Å². The molecule has 4 heteroatoms. The normalized spacial score (nSPS) is 11.1. The van der Waals surface area contributed by atoms with Gasteiger partial charge in [-0.3, -0.25) is 0 Å². The van der Waals surface area contributed by atoms with Crippen LogP contribution in [0.3, 0.4) is 0 Å². The van der Waals surface area contributed by atoms with Gasteiger partial charge in [-0.15, -0.1) is 0 Å². The van der Waals surface area contributed by atoms with Crippen LogP contribution in [0.15, 0.2) is 34.9 Å². The van der Waals surface area contributed by atoms with E-state index < -0.39 is 0 Å². The molecule has 0 amide bonds. The van der Waals surface area contributed by atoms with Crippen LogP contribution in [0.4, 0.5) is 5.82 Å². The van der Waals surface area contributed by atoms with Gasteiger partial charge >= 0.3 is 0 Å². The standard InChI is InChI=1S/C13H16BrN3/c1-17(2)9-8-16-13-11-4-3-5-12(14)10(11)6-7-15-13/h3-7H,8-9H2,1-2H3,(H,15,16). The maximum absolute atomic E-state index is 4.39. The number of hydrogen-bond donors (Lipinski definition) is 1. The van der Waals surface area contributed by atoms with Crippen molar-refractivity contribution in [3.63, 3.8) is 0 Å². The van der Waals surface area contributed by atoms with Gasteiger partial charge in [-0.2, -0.15) is 0 Å². The van der Waals surface area contributed by atoms with Gasteiger partial charge in [0.25, 0.3) is 0 Å². The average Bonchev–Trinajstić information content (AvgIpc) is 2.30. The van der Waals surface area contributed by atoms with Crippen molar-refractivity contribution in [3.8, 4) is 0 Å². The highest BCUT2D eigenvalue weighted by Gasteiger charge is 2.03. The summed E-state index contributed by atoms with van der Waals surface area (Å²) in [4.78, 5) is 6.54. The lowest BCUT2D eigenvalue weighted by Gasteiger charge is -2.12. The summed E-state index contributed by atoms with van der Waals surface area (Å²) >= 11 is 3.56. The van der Waals surface area contributed by atoms with E-state index >= 15 is 0 Å². The summed E-state index contributed by atoms with van der Waals surface area (Å²) in [6, 6.07) is 8.19. The molecular formula is C13H16BrN3. The second-order valence-corrected chi connectivity index (χ2v) is 5.08. The Hall–Kier alpha value is -1.13. The van der Waals surface area contributed by atoms with Crippen molar-refractivity contribution >= 4 is 32.5 Å². The molecule has 0 aliphatic carbocycles. The molecule has 0 radical (unpaired) electrons. The van der Waals surface area contributed by atoms with Gasteiger partial charge < -0.3 is 10.2 Å². The lowest BCUT2D eigenvalue weighted by atomic mass is 10.1. The highest BCUT2D eigenvalue weighted by molar-refractivity contribution is 9.10. The van der Waals surface area contributed by atoms with Crippen LogP contribution >= 0.6 is 15.9 Å². The highest BCUT2D eigenvalue weighted by atomic mass is 79.9. The van der Waals surface area contributed by atoms with Crippen LogP contribution in [0.2, 0.25) is 0 Å². The Balaban J connectivity index is 2.25. The van der Waals surface area contributed by atoms with Gasteiger partial charge in [0.1, 0.15) is 5.82 Å². The molecule has 3 nitrogen and oxygen atoms in total. The van der Waals surface area contributed by atoms with Crippen molar-refractivity contribution in [2.45, 2.75) is 0 Å². The molecule has 1 N–H and O–H groups in total. The number of pyridine rings is 1. The topological polar surface area (TPSA) is 28.2 Å². The Bertz CT molecular complexity index is 511. The summed E-state index contributed by atoms with van der Waals surface area (Å²) in [6.45, 7) is 1.89. The van der Waals surface area contributed by atoms with Crippen LogP contribution in [-0.2, 0) is 0 Å². The highest BCUT2D eigenvalue weighted by Crippen LogP contribution is 2.27. The third kappa shape index (κ3) is 2.96. The summed E-state index contributed by atoms with van der Waals surface area (Å²) in [7, 11) is 4.13. The third-order valence-corrected chi connectivity index (χ3v) is 3.30. The molecule has 0 saturated carbocycles. The molecule has 1 aromatic carbocycles. The number of halogens is 1. The lowest BCUT2D eigenvalue weighted by Crippen LogP contribution is -2.21. The van der Waals surface area contributed by atoms with Crippen LogP contribution < -0.4 is 5.32 Å². The molecule has 0 unspecified atom stereocenters. The van der Waals surface area contributed by atoms with E-state index in [2.05, 4.69) is 51.3 Å². The molecule has 0 saturated heterocycles. The fraction of sp³-hybridized carbons (Fsp3) is 0.308. The van der Waals surface area contributed by atoms with Crippen molar-refractivity contribution in [3.05, 3.63) is 34.9 Å². The first kappa shape index (κ1) is 12.3. The first-order valence-electron chi connectivity index (χ1n) is 5.60. The number of rotatable bonds is 4. The third-order valence-electron chi connectivity index (χ3n) is 2.60. The first-order valence-corrected chi connectivity index (χ1v) is 6.39. The number of nitrogens with zero attached hydrogens (tertiary/aromatic N) is 2. The SMILES string of the molecule is CN(C)CCNc1nccc2c(Br)cccc12. The molecule has 2 aromatic rings. The molecule has 0 atom stereocenters. The number of benzene rings is 1. The van der Waals surface area contributed by atoms with Gasteiger partial charge in [-0.25, -0.2) is 4.98 Å². The van der Waals surface area contributed by atoms with Gasteiger partial charge in [0.05, 0.1) is 0 Å². The average molecular weight is 294 g/mol. The van der Waals surface area contributed by atoms with Crippen LogP contribution in [-0.4, -0.2) is 37.1 Å². The monoisotopic (exact) mass is 293 g/mol. The van der Waals surface area contributed by atoms with Gasteiger partial charge in [-0.1, -0.05) is 28.1 Å². The van der Waals surface area contributed by atoms with E-state index in [0.29, 0.717) is 0 Å². The Morgan fingerprint density at radius 2 is 2.06 bits per heavy atom. The maximum atomic E-state index is 4.39. The van der Waals surface area contributed by atoms with E-state index in [9.17, 15) is 0 Å². The Kier molecular flexibility index (Phi) is 3.97. The molecule has 1 aromatic heterocycles. The van der Waals surface area contributed by atoms with Crippen molar-refractivity contribution in [1.29, 1.82) is 0 Å². The second-order valence-electron chi connectivity index (χ2n) is 4.22. The quantitative estimate of drug-likeness (QED) is 0.939. The largest absolute Gasteiger partial charge is 0.368 e. The molecule has 0 spiro atoms. The van der Waals surface area contributed by atoms with E-state index in [1.807, 2.05) is 24.4 Å². The zero-order valence-corrected chi connectivity index (χ0v) is 11.7. The number of anilines is 1. The van der Waals surface area contributed by atoms with E-state index in [1.54, 1.807) is 0 Å². The van der Waals surface area contributed by atoms with Gasteiger partial charge in [0, 0.05) is 34.5 Å². The van der Waals surface area contributed by atoms with Crippen molar-refractivity contribution in [2.75, 3.05) is 32.5 Å². The summed E-state index contributed by atoms with van der Waals surface area (Å²) in [6.07, 6.45) is 1.84. The molecule has 0 fully saturated rings. The zero-order chi connectivity index (χ0) is 12.3. The lowest BCUT2D eigenvalue weighted by molar-refractivity contribution is 0.425. The minimum Gasteiger partial charge on any atom is -0.368 e. The predicted octanol–water partition coefficient (Wildman–Crippen LogP) is 2.97. The Labute approximate surface area is 110 Å². The molecule has 90 valence electrons. The summed E-state index contributed by atoms with van der Waals surface area (Å²) in [5.74, 6) is 0.950. The smallest absolute Gasteiger partial charge is 0.133 e. The molecule has 2 rings (SSSR count). The summed E-state index contributed by atoms with van der Waals surface area (Å²) < 4.78 is 1.10. The van der Waals surface area contributed by atoms with Crippen molar-refractivity contribution < 1.29 is 0 Å². The molecule has 1 heterocycles. The van der Waals surface area contributed by atoms with E-state index in [1.165, 1.54) is 5.39 Å². The van der Waals surface area contributed by atoms with Gasteiger partial charge in [0.2, 0.25) is 0 Å². The zero-order valence-electron chi connectivity index (χ0n) is 10.1. The number of aromatic nitrogens is 1. The van der Waals surface area contributed by atoms with Crippen LogP contribution in [0.25, 0.3) is 10.8 Å².